The molecule has 0 radical (unpaired) electrons. The zero-order valence-corrected chi connectivity index (χ0v) is 20.8. The second kappa shape index (κ2) is 10.7. The molecule has 1 aliphatic heterocycles. The van der Waals surface area contributed by atoms with E-state index < -0.39 is 30.3 Å². The van der Waals surface area contributed by atoms with Crippen LogP contribution in [0.1, 0.15) is 63.1 Å². The van der Waals surface area contributed by atoms with E-state index in [1.165, 1.54) is 0 Å². The van der Waals surface area contributed by atoms with E-state index in [0.717, 1.165) is 11.1 Å². The Bertz CT molecular complexity index is 952. The summed E-state index contributed by atoms with van der Waals surface area (Å²) in [5.74, 6) is -0.285. The van der Waals surface area contributed by atoms with Gasteiger partial charge in [0, 0.05) is 21.4 Å². The Morgan fingerprint density at radius 1 is 1.09 bits per heavy atom. The first-order valence-electron chi connectivity index (χ1n) is 11.4. The van der Waals surface area contributed by atoms with Crippen molar-refractivity contribution in [2.24, 2.45) is 5.41 Å². The van der Waals surface area contributed by atoms with Crippen molar-refractivity contribution in [1.29, 1.82) is 0 Å². The lowest BCUT2D eigenvalue weighted by Crippen LogP contribution is -2.58. The van der Waals surface area contributed by atoms with E-state index in [1.54, 1.807) is 24.0 Å². The number of amides is 1. The molecule has 0 saturated carbocycles. The van der Waals surface area contributed by atoms with E-state index in [9.17, 15) is 20.1 Å². The Balaban J connectivity index is 2.23. The summed E-state index contributed by atoms with van der Waals surface area (Å²) in [6.07, 6.45) is -0.615. The molecule has 1 fully saturated rings. The number of carbonyl (C=O) groups is 1. The van der Waals surface area contributed by atoms with Gasteiger partial charge in [0.05, 0.1) is 30.9 Å². The van der Waals surface area contributed by atoms with Crippen molar-refractivity contribution in [3.05, 3.63) is 69.7 Å². The normalized spacial score (nSPS) is 26.2. The zero-order chi connectivity index (χ0) is 24.3. The predicted molar refractivity (Wildman–Crippen MR) is 131 cm³/mol. The van der Waals surface area contributed by atoms with Crippen molar-refractivity contribution in [2.75, 3.05) is 6.61 Å². The maximum absolute atomic E-state index is 14.1. The Labute approximate surface area is 206 Å². The second-order valence-electron chi connectivity index (χ2n) is 9.39. The van der Waals surface area contributed by atoms with Gasteiger partial charge in [0.25, 0.3) is 0 Å². The quantitative estimate of drug-likeness (QED) is 0.485. The van der Waals surface area contributed by atoms with Gasteiger partial charge in [0.1, 0.15) is 0 Å². The fraction of sp³-hybridized carbons (Fsp3) is 0.500. The molecule has 0 spiro atoms. The molecule has 2 aromatic rings. The minimum atomic E-state index is -1.01. The molecular formula is C26H33Cl2NO4. The van der Waals surface area contributed by atoms with Crippen molar-refractivity contribution >= 4 is 29.1 Å². The molecule has 7 heteroatoms. The SMILES string of the molecule is CC[C@@H]([C@H](C)O)N1C(=O)[C@@](C)(C[C@H](O)CO)CC(c2cccc(Cl)c2)[C@H]1c1ccc(Cl)cc1. The first kappa shape index (κ1) is 26.0. The van der Waals surface area contributed by atoms with E-state index in [0.29, 0.717) is 22.9 Å². The molecule has 1 amide bonds. The molecule has 1 aliphatic rings. The lowest BCUT2D eigenvalue weighted by Gasteiger charge is -2.53. The summed E-state index contributed by atoms with van der Waals surface area (Å²) in [6, 6.07) is 14.3. The Hall–Kier alpha value is -1.63. The monoisotopic (exact) mass is 493 g/mol. The van der Waals surface area contributed by atoms with Gasteiger partial charge in [-0.3, -0.25) is 4.79 Å². The number of halogens is 2. The van der Waals surface area contributed by atoms with Gasteiger partial charge in [-0.15, -0.1) is 0 Å². The number of benzene rings is 2. The van der Waals surface area contributed by atoms with Crippen molar-refractivity contribution in [3.8, 4) is 0 Å². The third-order valence-corrected chi connectivity index (χ3v) is 7.31. The van der Waals surface area contributed by atoms with Crippen LogP contribution in [0.25, 0.3) is 0 Å². The smallest absolute Gasteiger partial charge is 0.229 e. The van der Waals surface area contributed by atoms with Crippen molar-refractivity contribution in [2.45, 2.75) is 70.2 Å². The largest absolute Gasteiger partial charge is 0.394 e. The van der Waals surface area contributed by atoms with E-state index in [2.05, 4.69) is 0 Å². The van der Waals surface area contributed by atoms with E-state index in [4.69, 9.17) is 23.2 Å². The first-order valence-corrected chi connectivity index (χ1v) is 12.2. The third kappa shape index (κ3) is 5.55. The second-order valence-corrected chi connectivity index (χ2v) is 10.3. The van der Waals surface area contributed by atoms with Gasteiger partial charge in [-0.2, -0.15) is 0 Å². The molecule has 33 heavy (non-hydrogen) atoms. The molecule has 5 nitrogen and oxygen atoms in total. The number of aliphatic hydroxyl groups is 3. The number of hydrogen-bond acceptors (Lipinski definition) is 4. The van der Waals surface area contributed by atoms with Crippen LogP contribution in [-0.2, 0) is 4.79 Å². The Morgan fingerprint density at radius 2 is 1.76 bits per heavy atom. The summed E-state index contributed by atoms with van der Waals surface area (Å²) in [7, 11) is 0. The summed E-state index contributed by atoms with van der Waals surface area (Å²) in [6.45, 7) is 5.07. The number of hydrogen-bond donors (Lipinski definition) is 3. The highest BCUT2D eigenvalue weighted by molar-refractivity contribution is 6.30. The van der Waals surface area contributed by atoms with Crippen molar-refractivity contribution < 1.29 is 20.1 Å². The van der Waals surface area contributed by atoms with Gasteiger partial charge in [-0.1, -0.05) is 61.3 Å². The van der Waals surface area contributed by atoms with Gasteiger partial charge in [-0.25, -0.2) is 0 Å². The number of carbonyl (C=O) groups excluding carboxylic acids is 1. The van der Waals surface area contributed by atoms with Crippen LogP contribution >= 0.6 is 23.2 Å². The average molecular weight is 494 g/mol. The van der Waals surface area contributed by atoms with Crippen LogP contribution in [-0.4, -0.2) is 51.0 Å². The highest BCUT2D eigenvalue weighted by Gasteiger charge is 2.52. The molecular weight excluding hydrogens is 461 g/mol. The minimum absolute atomic E-state index is 0.124. The molecule has 2 aromatic carbocycles. The number of rotatable bonds is 8. The lowest BCUT2D eigenvalue weighted by atomic mass is 9.66. The van der Waals surface area contributed by atoms with Crippen LogP contribution in [0.5, 0.6) is 0 Å². The van der Waals surface area contributed by atoms with Gasteiger partial charge < -0.3 is 20.2 Å². The van der Waals surface area contributed by atoms with Gasteiger partial charge >= 0.3 is 0 Å². The fourth-order valence-electron chi connectivity index (χ4n) is 5.29. The topological polar surface area (TPSA) is 81.0 Å². The zero-order valence-electron chi connectivity index (χ0n) is 19.3. The molecule has 0 aliphatic carbocycles. The molecule has 1 heterocycles. The summed E-state index contributed by atoms with van der Waals surface area (Å²) in [4.78, 5) is 15.9. The highest BCUT2D eigenvalue weighted by atomic mass is 35.5. The van der Waals surface area contributed by atoms with Crippen LogP contribution in [0.4, 0.5) is 0 Å². The Kier molecular flexibility index (Phi) is 8.46. The molecule has 1 saturated heterocycles. The number of likely N-dealkylation sites (tertiary alicyclic amines) is 1. The van der Waals surface area contributed by atoms with E-state index in [-0.39, 0.29) is 24.3 Å². The molecule has 0 aromatic heterocycles. The lowest BCUT2D eigenvalue weighted by molar-refractivity contribution is -0.161. The van der Waals surface area contributed by atoms with Crippen LogP contribution in [0.15, 0.2) is 48.5 Å². The number of aliphatic hydroxyl groups excluding tert-OH is 3. The minimum Gasteiger partial charge on any atom is -0.394 e. The number of nitrogens with zero attached hydrogens (tertiary/aromatic N) is 1. The summed E-state index contributed by atoms with van der Waals surface area (Å²) < 4.78 is 0. The van der Waals surface area contributed by atoms with Crippen molar-refractivity contribution in [3.63, 3.8) is 0 Å². The molecule has 0 bridgehead atoms. The van der Waals surface area contributed by atoms with Crippen LogP contribution < -0.4 is 0 Å². The third-order valence-electron chi connectivity index (χ3n) is 6.82. The van der Waals surface area contributed by atoms with E-state index in [1.807, 2.05) is 50.2 Å². The standard InChI is InChI=1S/C26H33Cl2NO4/c1-4-23(16(2)31)29-24(17-8-10-19(27)11-9-17)22(18-6-5-7-20(28)12-18)14-26(3,25(29)33)13-21(32)15-30/h5-12,16,21-24,30-32H,4,13-15H2,1-3H3/t16-,21-,22?,23-,24+,26-/m0/s1. The molecule has 3 rings (SSSR count). The highest BCUT2D eigenvalue weighted by Crippen LogP contribution is 2.52. The van der Waals surface area contributed by atoms with E-state index >= 15 is 0 Å². The fourth-order valence-corrected chi connectivity index (χ4v) is 5.61. The maximum atomic E-state index is 14.1. The summed E-state index contributed by atoms with van der Waals surface area (Å²) in [5.41, 5.74) is 0.965. The van der Waals surface area contributed by atoms with Crippen LogP contribution in [0, 0.1) is 5.41 Å². The Morgan fingerprint density at radius 3 is 2.30 bits per heavy atom. The van der Waals surface area contributed by atoms with Gasteiger partial charge in [-0.05, 0) is 61.6 Å². The molecule has 1 unspecified atom stereocenters. The number of piperidine rings is 1. The summed E-state index contributed by atoms with van der Waals surface area (Å²) >= 11 is 12.5. The van der Waals surface area contributed by atoms with Gasteiger partial charge in [0.2, 0.25) is 5.91 Å². The first-order chi connectivity index (χ1) is 15.6. The maximum Gasteiger partial charge on any atom is 0.229 e. The summed E-state index contributed by atoms with van der Waals surface area (Å²) in [5, 5.41) is 31.7. The average Bonchev–Trinajstić information content (AvgIpc) is 2.77. The molecule has 6 atom stereocenters. The predicted octanol–water partition coefficient (Wildman–Crippen LogP) is 4.96. The molecule has 180 valence electrons. The molecule has 3 N–H and O–H groups in total. The van der Waals surface area contributed by atoms with Crippen LogP contribution in [0.3, 0.4) is 0 Å². The van der Waals surface area contributed by atoms with Crippen molar-refractivity contribution in [1.82, 2.24) is 4.90 Å². The van der Waals surface area contributed by atoms with Gasteiger partial charge in [0.15, 0.2) is 0 Å². The van der Waals surface area contributed by atoms with Crippen LogP contribution in [0.2, 0.25) is 10.0 Å².